The maximum absolute atomic E-state index is 12.7. The first-order valence-electron chi connectivity index (χ1n) is 8.01. The molecule has 0 aliphatic carbocycles. The van der Waals surface area contributed by atoms with Crippen LogP contribution < -0.4 is 10.5 Å². The molecule has 7 heteroatoms. The first-order chi connectivity index (χ1) is 11.5. The van der Waals surface area contributed by atoms with Gasteiger partial charge in [-0.05, 0) is 49.9 Å². The summed E-state index contributed by atoms with van der Waals surface area (Å²) in [6.07, 6.45) is 3.30. The number of hydrogen-bond donors (Lipinski definition) is 2. The number of carboxylic acid groups (broad SMARTS) is 1. The second-order valence-corrected chi connectivity index (χ2v) is 5.86. The molecule has 0 aromatic heterocycles. The fraction of sp³-hybridized carbons (Fsp3) is 0.471. The second kappa shape index (κ2) is 8.33. The Bertz CT molecular complexity index is 600. The summed E-state index contributed by atoms with van der Waals surface area (Å²) in [5.74, 6) is -1.05. The molecule has 7 nitrogen and oxygen atoms in total. The molecule has 0 spiro atoms. The van der Waals surface area contributed by atoms with Crippen LogP contribution in [0, 0.1) is 0 Å². The van der Waals surface area contributed by atoms with Crippen molar-refractivity contribution in [3.8, 4) is 5.75 Å². The maximum atomic E-state index is 12.7. The van der Waals surface area contributed by atoms with Crippen LogP contribution in [-0.2, 0) is 9.59 Å². The van der Waals surface area contributed by atoms with Gasteiger partial charge in [-0.2, -0.15) is 0 Å². The van der Waals surface area contributed by atoms with Gasteiger partial charge in [0.1, 0.15) is 5.75 Å². The van der Waals surface area contributed by atoms with Crippen LogP contribution in [0.3, 0.4) is 0 Å². The molecule has 0 unspecified atom stereocenters. The molecular weight excluding hydrogens is 312 g/mol. The van der Waals surface area contributed by atoms with Gasteiger partial charge in [-0.3, -0.25) is 14.4 Å². The normalized spacial score (nSPS) is 17.3. The maximum Gasteiger partial charge on any atom is 0.303 e. The van der Waals surface area contributed by atoms with Crippen molar-refractivity contribution in [1.29, 1.82) is 0 Å². The Morgan fingerprint density at radius 2 is 1.92 bits per heavy atom. The van der Waals surface area contributed by atoms with E-state index in [2.05, 4.69) is 0 Å². The van der Waals surface area contributed by atoms with Crippen LogP contribution in [0.25, 0.3) is 0 Å². The smallest absolute Gasteiger partial charge is 0.303 e. The number of likely N-dealkylation sites (tertiary alicyclic amines) is 1. The van der Waals surface area contributed by atoms with E-state index in [-0.39, 0.29) is 25.0 Å². The molecule has 1 aliphatic heterocycles. The van der Waals surface area contributed by atoms with Gasteiger partial charge >= 0.3 is 5.97 Å². The van der Waals surface area contributed by atoms with Crippen molar-refractivity contribution in [1.82, 2.24) is 4.90 Å². The van der Waals surface area contributed by atoms with Crippen LogP contribution in [0.15, 0.2) is 24.3 Å². The highest BCUT2D eigenvalue weighted by atomic mass is 16.5. The Morgan fingerprint density at radius 3 is 2.54 bits per heavy atom. The zero-order chi connectivity index (χ0) is 17.5. The molecule has 1 aliphatic rings. The summed E-state index contributed by atoms with van der Waals surface area (Å²) in [5.41, 5.74) is 5.53. The highest BCUT2D eigenvalue weighted by Crippen LogP contribution is 2.24. The number of amides is 2. The van der Waals surface area contributed by atoms with Gasteiger partial charge in [-0.1, -0.05) is 0 Å². The van der Waals surface area contributed by atoms with E-state index in [1.54, 1.807) is 29.2 Å². The number of rotatable bonds is 7. The van der Waals surface area contributed by atoms with E-state index >= 15 is 0 Å². The lowest BCUT2D eigenvalue weighted by molar-refractivity contribution is -0.137. The van der Waals surface area contributed by atoms with Gasteiger partial charge in [0.2, 0.25) is 0 Å². The summed E-state index contributed by atoms with van der Waals surface area (Å²) in [6, 6.07) is 6.48. The Kier molecular flexibility index (Phi) is 6.17. The van der Waals surface area contributed by atoms with Crippen LogP contribution in [0.2, 0.25) is 0 Å². The van der Waals surface area contributed by atoms with E-state index in [0.717, 1.165) is 19.3 Å². The SMILES string of the molecule is NC(=O)COc1ccc(C(=O)N2CCCC[C@H]2CCC(=O)O)cc1. The lowest BCUT2D eigenvalue weighted by Gasteiger charge is -2.35. The fourth-order valence-electron chi connectivity index (χ4n) is 2.87. The number of benzene rings is 1. The predicted molar refractivity (Wildman–Crippen MR) is 86.7 cm³/mol. The van der Waals surface area contributed by atoms with Gasteiger partial charge in [-0.15, -0.1) is 0 Å². The van der Waals surface area contributed by atoms with Gasteiger partial charge in [0.05, 0.1) is 0 Å². The number of primary amides is 1. The van der Waals surface area contributed by atoms with Gasteiger partial charge in [-0.25, -0.2) is 0 Å². The Hall–Kier alpha value is -2.57. The Morgan fingerprint density at radius 1 is 1.21 bits per heavy atom. The summed E-state index contributed by atoms with van der Waals surface area (Å²) in [4.78, 5) is 35.9. The largest absolute Gasteiger partial charge is 0.484 e. The third-order valence-corrected chi connectivity index (χ3v) is 4.06. The van der Waals surface area contributed by atoms with E-state index in [9.17, 15) is 14.4 Å². The van der Waals surface area contributed by atoms with E-state index in [4.69, 9.17) is 15.6 Å². The van der Waals surface area contributed by atoms with Crippen molar-refractivity contribution in [2.45, 2.75) is 38.1 Å². The molecule has 1 saturated heterocycles. The zero-order valence-corrected chi connectivity index (χ0v) is 13.4. The molecule has 1 heterocycles. The van der Waals surface area contributed by atoms with Crippen molar-refractivity contribution in [2.75, 3.05) is 13.2 Å². The topological polar surface area (TPSA) is 110 Å². The molecule has 0 bridgehead atoms. The molecule has 2 amide bonds. The van der Waals surface area contributed by atoms with Gasteiger partial charge in [0, 0.05) is 24.6 Å². The number of nitrogens with zero attached hydrogens (tertiary/aromatic N) is 1. The highest BCUT2D eigenvalue weighted by Gasteiger charge is 2.27. The first kappa shape index (κ1) is 17.8. The van der Waals surface area contributed by atoms with Crippen LogP contribution in [0.1, 0.15) is 42.5 Å². The van der Waals surface area contributed by atoms with Crippen molar-refractivity contribution >= 4 is 17.8 Å². The van der Waals surface area contributed by atoms with Crippen LogP contribution in [-0.4, -0.2) is 47.0 Å². The number of ether oxygens (including phenoxy) is 1. The third-order valence-electron chi connectivity index (χ3n) is 4.06. The van der Waals surface area contributed by atoms with E-state index in [0.29, 0.717) is 24.3 Å². The summed E-state index contributed by atoms with van der Waals surface area (Å²) >= 11 is 0. The molecule has 1 aromatic carbocycles. The molecule has 1 aromatic rings. The molecule has 0 radical (unpaired) electrons. The molecule has 0 saturated carbocycles. The monoisotopic (exact) mass is 334 g/mol. The number of hydrogen-bond acceptors (Lipinski definition) is 4. The van der Waals surface area contributed by atoms with Crippen LogP contribution in [0.4, 0.5) is 0 Å². The summed E-state index contributed by atoms with van der Waals surface area (Å²) < 4.78 is 5.17. The Balaban J connectivity index is 2.02. The van der Waals surface area contributed by atoms with Gasteiger partial charge in [0.25, 0.3) is 11.8 Å². The number of carbonyl (C=O) groups excluding carboxylic acids is 2. The zero-order valence-electron chi connectivity index (χ0n) is 13.4. The molecule has 1 fully saturated rings. The minimum atomic E-state index is -0.844. The lowest BCUT2D eigenvalue weighted by atomic mass is 9.97. The molecule has 3 N–H and O–H groups in total. The average Bonchev–Trinajstić information content (AvgIpc) is 2.58. The number of carboxylic acids is 1. The second-order valence-electron chi connectivity index (χ2n) is 5.86. The summed E-state index contributed by atoms with van der Waals surface area (Å²) in [7, 11) is 0. The van der Waals surface area contributed by atoms with Gasteiger partial charge < -0.3 is 20.5 Å². The Labute approximate surface area is 140 Å². The summed E-state index contributed by atoms with van der Waals surface area (Å²) in [5, 5.41) is 8.86. The van der Waals surface area contributed by atoms with Crippen LogP contribution >= 0.6 is 0 Å². The standard InChI is InChI=1S/C17H22N2O5/c18-15(20)11-24-14-7-4-12(5-8-14)17(23)19-10-2-1-3-13(19)6-9-16(21)22/h4-5,7-8,13H,1-3,6,9-11H2,(H2,18,20)(H,21,22)/t13-/m0/s1. The quantitative estimate of drug-likeness (QED) is 0.783. The van der Waals surface area contributed by atoms with Crippen molar-refractivity contribution in [3.05, 3.63) is 29.8 Å². The molecule has 2 rings (SSSR count). The van der Waals surface area contributed by atoms with Crippen molar-refractivity contribution in [3.63, 3.8) is 0 Å². The minimum Gasteiger partial charge on any atom is -0.484 e. The fourth-order valence-corrected chi connectivity index (χ4v) is 2.87. The third kappa shape index (κ3) is 4.97. The highest BCUT2D eigenvalue weighted by molar-refractivity contribution is 5.94. The van der Waals surface area contributed by atoms with E-state index in [1.165, 1.54) is 0 Å². The number of piperidine rings is 1. The molecule has 130 valence electrons. The number of carbonyl (C=O) groups is 3. The van der Waals surface area contributed by atoms with E-state index in [1.807, 2.05) is 0 Å². The molecule has 1 atom stereocenters. The summed E-state index contributed by atoms with van der Waals surface area (Å²) in [6.45, 7) is 0.430. The lowest BCUT2D eigenvalue weighted by Crippen LogP contribution is -2.43. The van der Waals surface area contributed by atoms with Crippen molar-refractivity contribution in [2.24, 2.45) is 5.73 Å². The predicted octanol–water partition coefficient (Wildman–Crippen LogP) is 1.41. The molecular formula is C17H22N2O5. The first-order valence-corrected chi connectivity index (χ1v) is 8.01. The number of nitrogens with two attached hydrogens (primary N) is 1. The van der Waals surface area contributed by atoms with Crippen molar-refractivity contribution < 1.29 is 24.2 Å². The molecule has 24 heavy (non-hydrogen) atoms. The average molecular weight is 334 g/mol. The number of aliphatic carboxylic acids is 1. The minimum absolute atomic E-state index is 0.0341. The van der Waals surface area contributed by atoms with E-state index < -0.39 is 11.9 Å². The van der Waals surface area contributed by atoms with Gasteiger partial charge in [0.15, 0.2) is 6.61 Å². The van der Waals surface area contributed by atoms with Crippen LogP contribution in [0.5, 0.6) is 5.75 Å².